The number of aryl methyl sites for hydroxylation is 1. The Balaban J connectivity index is 1.50. The molecular weight excluding hydrogens is 420 g/mol. The van der Waals surface area contributed by atoms with E-state index >= 15 is 0 Å². The SMILES string of the molecule is Cc1ccc(COc2ccc(C(CN3CCN(C)CC3)C3(O)CCCCC3)cc2Cl)cc1. The molecule has 2 fully saturated rings. The van der Waals surface area contributed by atoms with E-state index < -0.39 is 5.60 Å². The fraction of sp³-hybridized carbons (Fsp3) is 0.556. The Bertz CT molecular complexity index is 872. The number of aliphatic hydroxyl groups is 1. The molecule has 1 saturated heterocycles. The number of rotatable bonds is 7. The van der Waals surface area contributed by atoms with Crippen molar-refractivity contribution in [3.8, 4) is 5.75 Å². The summed E-state index contributed by atoms with van der Waals surface area (Å²) >= 11 is 6.68. The van der Waals surface area contributed by atoms with Gasteiger partial charge in [-0.1, -0.05) is 66.8 Å². The minimum absolute atomic E-state index is 0.0647. The summed E-state index contributed by atoms with van der Waals surface area (Å²) in [6.07, 6.45) is 5.15. The average molecular weight is 457 g/mol. The summed E-state index contributed by atoms with van der Waals surface area (Å²) in [4.78, 5) is 4.88. The molecular formula is C27H37ClN2O2. The minimum Gasteiger partial charge on any atom is -0.487 e. The summed E-state index contributed by atoms with van der Waals surface area (Å²) in [5.41, 5.74) is 2.83. The van der Waals surface area contributed by atoms with Gasteiger partial charge in [0.2, 0.25) is 0 Å². The molecule has 0 aromatic heterocycles. The summed E-state index contributed by atoms with van der Waals surface area (Å²) < 4.78 is 6.02. The molecule has 2 aliphatic rings. The summed E-state index contributed by atoms with van der Waals surface area (Å²) in [5.74, 6) is 0.764. The number of likely N-dealkylation sites (N-methyl/N-ethyl adjacent to an activating group) is 1. The molecule has 1 atom stereocenters. The lowest BCUT2D eigenvalue weighted by atomic mass is 9.72. The Morgan fingerprint density at radius 2 is 1.69 bits per heavy atom. The zero-order chi connectivity index (χ0) is 22.6. The van der Waals surface area contributed by atoms with Gasteiger partial charge in [-0.15, -0.1) is 0 Å². The van der Waals surface area contributed by atoms with Crippen LogP contribution < -0.4 is 4.74 Å². The van der Waals surface area contributed by atoms with E-state index in [2.05, 4.69) is 54.1 Å². The molecule has 32 heavy (non-hydrogen) atoms. The molecule has 5 heteroatoms. The molecule has 1 aliphatic carbocycles. The minimum atomic E-state index is -0.658. The van der Waals surface area contributed by atoms with E-state index in [9.17, 15) is 5.11 Å². The van der Waals surface area contributed by atoms with Crippen molar-refractivity contribution in [2.75, 3.05) is 39.8 Å². The number of nitrogens with zero attached hydrogens (tertiary/aromatic N) is 2. The van der Waals surface area contributed by atoms with E-state index in [1.807, 2.05) is 12.1 Å². The second-order valence-corrected chi connectivity index (χ2v) is 10.2. The number of hydrogen-bond donors (Lipinski definition) is 1. The van der Waals surface area contributed by atoms with Crippen LogP contribution in [0.1, 0.15) is 54.7 Å². The van der Waals surface area contributed by atoms with Crippen LogP contribution in [0.3, 0.4) is 0 Å². The van der Waals surface area contributed by atoms with Crippen molar-refractivity contribution in [1.82, 2.24) is 9.80 Å². The lowest BCUT2D eigenvalue weighted by molar-refractivity contribution is -0.0337. The predicted molar refractivity (Wildman–Crippen MR) is 132 cm³/mol. The Morgan fingerprint density at radius 3 is 2.34 bits per heavy atom. The molecule has 4 rings (SSSR count). The Labute approximate surface area is 198 Å². The Kier molecular flexibility index (Phi) is 7.78. The third kappa shape index (κ3) is 5.85. The zero-order valence-electron chi connectivity index (χ0n) is 19.5. The highest BCUT2D eigenvalue weighted by Crippen LogP contribution is 2.42. The van der Waals surface area contributed by atoms with Gasteiger partial charge in [0.05, 0.1) is 10.6 Å². The normalized spacial score (nSPS) is 20.8. The van der Waals surface area contributed by atoms with Crippen molar-refractivity contribution in [2.45, 2.75) is 57.2 Å². The molecule has 0 radical (unpaired) electrons. The maximum atomic E-state index is 11.7. The number of benzene rings is 2. The summed E-state index contributed by atoms with van der Waals surface area (Å²) in [7, 11) is 2.18. The largest absolute Gasteiger partial charge is 0.487 e. The molecule has 0 spiro atoms. The van der Waals surface area contributed by atoms with Crippen molar-refractivity contribution in [3.63, 3.8) is 0 Å². The van der Waals surface area contributed by atoms with Crippen LogP contribution in [0.2, 0.25) is 5.02 Å². The molecule has 1 unspecified atom stereocenters. The van der Waals surface area contributed by atoms with Crippen molar-refractivity contribution in [3.05, 3.63) is 64.2 Å². The van der Waals surface area contributed by atoms with Gasteiger partial charge in [0.15, 0.2) is 0 Å². The molecule has 4 nitrogen and oxygen atoms in total. The smallest absolute Gasteiger partial charge is 0.138 e. The second-order valence-electron chi connectivity index (χ2n) is 9.78. The van der Waals surface area contributed by atoms with E-state index in [1.165, 1.54) is 12.0 Å². The molecule has 1 saturated carbocycles. The van der Waals surface area contributed by atoms with Gasteiger partial charge in [-0.3, -0.25) is 0 Å². The molecule has 0 bridgehead atoms. The van der Waals surface area contributed by atoms with Crippen LogP contribution in [-0.4, -0.2) is 60.3 Å². The molecule has 174 valence electrons. The van der Waals surface area contributed by atoms with Crippen molar-refractivity contribution in [1.29, 1.82) is 0 Å². The first-order valence-electron chi connectivity index (χ1n) is 12.0. The molecule has 1 heterocycles. The maximum absolute atomic E-state index is 11.7. The quantitative estimate of drug-likeness (QED) is 0.617. The molecule has 1 aliphatic heterocycles. The lowest BCUT2D eigenvalue weighted by Gasteiger charge is -2.43. The standard InChI is InChI=1S/C27H37ClN2O2/c1-21-6-8-22(9-7-21)20-32-26-11-10-23(18-25(26)28)24(27(31)12-4-3-5-13-27)19-30-16-14-29(2)15-17-30/h6-11,18,24,31H,3-5,12-17,19-20H2,1-2H3. The summed E-state index contributed by atoms with van der Waals surface area (Å²) in [6.45, 7) is 7.72. The van der Waals surface area contributed by atoms with E-state index in [-0.39, 0.29) is 5.92 Å². The monoisotopic (exact) mass is 456 g/mol. The van der Waals surface area contributed by atoms with Gasteiger partial charge >= 0.3 is 0 Å². The zero-order valence-corrected chi connectivity index (χ0v) is 20.3. The van der Waals surface area contributed by atoms with Crippen LogP contribution in [0.15, 0.2) is 42.5 Å². The van der Waals surface area contributed by atoms with Crippen molar-refractivity contribution < 1.29 is 9.84 Å². The average Bonchev–Trinajstić information content (AvgIpc) is 2.79. The topological polar surface area (TPSA) is 35.9 Å². The van der Waals surface area contributed by atoms with Crippen LogP contribution in [0.4, 0.5) is 0 Å². The Hall–Kier alpha value is -1.59. The fourth-order valence-corrected chi connectivity index (χ4v) is 5.33. The Morgan fingerprint density at radius 1 is 1.00 bits per heavy atom. The first-order valence-corrected chi connectivity index (χ1v) is 12.4. The van der Waals surface area contributed by atoms with Gasteiger partial charge in [0, 0.05) is 38.6 Å². The second kappa shape index (κ2) is 10.6. The van der Waals surface area contributed by atoms with Gasteiger partial charge in [0.25, 0.3) is 0 Å². The van der Waals surface area contributed by atoms with Gasteiger partial charge in [0.1, 0.15) is 12.4 Å². The van der Waals surface area contributed by atoms with Crippen molar-refractivity contribution in [2.24, 2.45) is 0 Å². The third-order valence-electron chi connectivity index (χ3n) is 7.28. The highest BCUT2D eigenvalue weighted by Gasteiger charge is 2.40. The number of piperazine rings is 1. The molecule has 2 aromatic rings. The molecule has 1 N–H and O–H groups in total. The van der Waals surface area contributed by atoms with Gasteiger partial charge < -0.3 is 19.6 Å². The van der Waals surface area contributed by atoms with Crippen LogP contribution in [0, 0.1) is 6.92 Å². The van der Waals surface area contributed by atoms with E-state index in [4.69, 9.17) is 16.3 Å². The highest BCUT2D eigenvalue weighted by atomic mass is 35.5. The predicted octanol–water partition coefficient (Wildman–Crippen LogP) is 5.25. The lowest BCUT2D eigenvalue weighted by Crippen LogP contribution is -2.50. The molecule has 0 amide bonds. The molecule has 2 aromatic carbocycles. The van der Waals surface area contributed by atoms with Gasteiger partial charge in [-0.2, -0.15) is 0 Å². The van der Waals surface area contributed by atoms with Gasteiger partial charge in [-0.05, 0) is 50.1 Å². The number of halogens is 1. The van der Waals surface area contributed by atoms with Crippen LogP contribution >= 0.6 is 11.6 Å². The van der Waals surface area contributed by atoms with Crippen LogP contribution in [0.25, 0.3) is 0 Å². The summed E-state index contributed by atoms with van der Waals surface area (Å²) in [5, 5.41) is 12.3. The van der Waals surface area contributed by atoms with Crippen LogP contribution in [-0.2, 0) is 6.61 Å². The third-order valence-corrected chi connectivity index (χ3v) is 7.57. The van der Waals surface area contributed by atoms with E-state index in [0.717, 1.165) is 69.5 Å². The maximum Gasteiger partial charge on any atom is 0.138 e. The summed E-state index contributed by atoms with van der Waals surface area (Å²) in [6, 6.07) is 14.5. The first kappa shape index (κ1) is 23.6. The van der Waals surface area contributed by atoms with Gasteiger partial charge in [-0.25, -0.2) is 0 Å². The van der Waals surface area contributed by atoms with Crippen molar-refractivity contribution >= 4 is 11.6 Å². The highest BCUT2D eigenvalue weighted by molar-refractivity contribution is 6.32. The number of ether oxygens (including phenoxy) is 1. The fourth-order valence-electron chi connectivity index (χ4n) is 5.08. The first-order chi connectivity index (χ1) is 15.4. The van der Waals surface area contributed by atoms with E-state index in [1.54, 1.807) is 0 Å². The number of hydrogen-bond acceptors (Lipinski definition) is 4. The van der Waals surface area contributed by atoms with E-state index in [0.29, 0.717) is 17.4 Å². The van der Waals surface area contributed by atoms with Crippen LogP contribution in [0.5, 0.6) is 5.75 Å².